The van der Waals surface area contributed by atoms with Crippen molar-refractivity contribution in [2.75, 3.05) is 27.2 Å². The average molecular weight is 264 g/mol. The third-order valence-electron chi connectivity index (χ3n) is 3.05. The number of carbonyl (C=O) groups is 1. The number of aliphatic hydroxyl groups is 1. The number of hydrogen-bond acceptors (Lipinski definition) is 3. The zero-order valence-corrected chi connectivity index (χ0v) is 12.2. The van der Waals surface area contributed by atoms with Gasteiger partial charge in [-0.15, -0.1) is 0 Å². The molecule has 0 aliphatic rings. The van der Waals surface area contributed by atoms with Crippen LogP contribution in [0.2, 0.25) is 0 Å². The van der Waals surface area contributed by atoms with E-state index in [2.05, 4.69) is 10.2 Å². The van der Waals surface area contributed by atoms with Crippen LogP contribution >= 0.6 is 0 Å². The molecule has 4 nitrogen and oxygen atoms in total. The molecule has 0 spiro atoms. The van der Waals surface area contributed by atoms with Gasteiger partial charge in [-0.05, 0) is 52.0 Å². The van der Waals surface area contributed by atoms with Gasteiger partial charge >= 0.3 is 0 Å². The van der Waals surface area contributed by atoms with Crippen molar-refractivity contribution in [2.45, 2.75) is 26.4 Å². The minimum Gasteiger partial charge on any atom is -0.378 e. The van der Waals surface area contributed by atoms with E-state index in [1.807, 2.05) is 46.1 Å². The standard InChI is InChI=1S/C15H24N2O2/c1-11-6-7-13(12(2)10-11)14(18)15(19)16-8-5-9-17(3)4/h6-7,10,14,18H,5,8-9H2,1-4H3,(H,16,19). The summed E-state index contributed by atoms with van der Waals surface area (Å²) < 4.78 is 0. The lowest BCUT2D eigenvalue weighted by Gasteiger charge is -2.15. The molecule has 0 saturated carbocycles. The Balaban J connectivity index is 2.52. The number of aryl methyl sites for hydroxylation is 2. The molecule has 19 heavy (non-hydrogen) atoms. The van der Waals surface area contributed by atoms with Gasteiger partial charge in [-0.2, -0.15) is 0 Å². The minimum atomic E-state index is -1.08. The van der Waals surface area contributed by atoms with E-state index in [0.717, 1.165) is 24.1 Å². The summed E-state index contributed by atoms with van der Waals surface area (Å²) in [6.45, 7) is 5.40. The van der Waals surface area contributed by atoms with E-state index in [-0.39, 0.29) is 5.91 Å². The first-order chi connectivity index (χ1) is 8.91. The van der Waals surface area contributed by atoms with Crippen molar-refractivity contribution in [3.05, 3.63) is 34.9 Å². The third kappa shape index (κ3) is 5.01. The van der Waals surface area contributed by atoms with E-state index >= 15 is 0 Å². The highest BCUT2D eigenvalue weighted by molar-refractivity contribution is 5.82. The molecule has 1 atom stereocenters. The molecule has 2 N–H and O–H groups in total. The summed E-state index contributed by atoms with van der Waals surface area (Å²) in [4.78, 5) is 13.9. The fraction of sp³-hybridized carbons (Fsp3) is 0.533. The molecule has 1 amide bonds. The number of rotatable bonds is 6. The van der Waals surface area contributed by atoms with Crippen molar-refractivity contribution in [2.24, 2.45) is 0 Å². The van der Waals surface area contributed by atoms with Crippen LogP contribution in [0.4, 0.5) is 0 Å². The molecule has 0 bridgehead atoms. The van der Waals surface area contributed by atoms with Crippen molar-refractivity contribution in [3.8, 4) is 0 Å². The quantitative estimate of drug-likeness (QED) is 0.764. The fourth-order valence-electron chi connectivity index (χ4n) is 1.98. The Bertz CT molecular complexity index is 430. The summed E-state index contributed by atoms with van der Waals surface area (Å²) in [5.74, 6) is -0.328. The van der Waals surface area contributed by atoms with Crippen LogP contribution in [0, 0.1) is 13.8 Å². The first-order valence-electron chi connectivity index (χ1n) is 6.59. The molecule has 0 aliphatic carbocycles. The van der Waals surface area contributed by atoms with E-state index in [1.165, 1.54) is 0 Å². The van der Waals surface area contributed by atoms with Gasteiger partial charge in [0.05, 0.1) is 0 Å². The molecule has 0 saturated heterocycles. The smallest absolute Gasteiger partial charge is 0.253 e. The summed E-state index contributed by atoms with van der Waals surface area (Å²) in [6, 6.07) is 5.69. The molecule has 0 radical (unpaired) electrons. The zero-order chi connectivity index (χ0) is 14.4. The topological polar surface area (TPSA) is 52.6 Å². The van der Waals surface area contributed by atoms with Gasteiger partial charge in [-0.1, -0.05) is 23.8 Å². The first-order valence-corrected chi connectivity index (χ1v) is 6.59. The normalized spacial score (nSPS) is 12.5. The molecule has 0 aromatic heterocycles. The fourth-order valence-corrected chi connectivity index (χ4v) is 1.98. The number of nitrogens with one attached hydrogen (secondary N) is 1. The second-order valence-corrected chi connectivity index (χ2v) is 5.21. The predicted molar refractivity (Wildman–Crippen MR) is 77.1 cm³/mol. The lowest BCUT2D eigenvalue weighted by molar-refractivity contribution is -0.129. The number of hydrogen-bond donors (Lipinski definition) is 2. The molecule has 0 fully saturated rings. The molecule has 4 heteroatoms. The van der Waals surface area contributed by atoms with Gasteiger partial charge in [0.2, 0.25) is 0 Å². The highest BCUT2D eigenvalue weighted by Crippen LogP contribution is 2.18. The van der Waals surface area contributed by atoms with Crippen LogP contribution in [-0.2, 0) is 4.79 Å². The van der Waals surface area contributed by atoms with Crippen molar-refractivity contribution in [3.63, 3.8) is 0 Å². The maximum atomic E-state index is 11.9. The molecule has 0 aliphatic heterocycles. The minimum absolute atomic E-state index is 0.328. The van der Waals surface area contributed by atoms with Gasteiger partial charge in [0, 0.05) is 6.54 Å². The van der Waals surface area contributed by atoms with Crippen molar-refractivity contribution < 1.29 is 9.90 Å². The third-order valence-corrected chi connectivity index (χ3v) is 3.05. The predicted octanol–water partition coefficient (Wildman–Crippen LogP) is 1.40. The van der Waals surface area contributed by atoms with Crippen LogP contribution in [0.15, 0.2) is 18.2 Å². The van der Waals surface area contributed by atoms with E-state index in [9.17, 15) is 9.90 Å². The number of aliphatic hydroxyl groups excluding tert-OH is 1. The molecule has 1 rings (SSSR count). The maximum absolute atomic E-state index is 11.9. The Morgan fingerprint density at radius 1 is 1.37 bits per heavy atom. The monoisotopic (exact) mass is 264 g/mol. The van der Waals surface area contributed by atoms with E-state index in [1.54, 1.807) is 0 Å². The molecule has 1 aromatic carbocycles. The lowest BCUT2D eigenvalue weighted by atomic mass is 10.0. The molecule has 0 heterocycles. The summed E-state index contributed by atoms with van der Waals surface area (Å²) >= 11 is 0. The summed E-state index contributed by atoms with van der Waals surface area (Å²) in [5, 5.41) is 12.8. The second-order valence-electron chi connectivity index (χ2n) is 5.21. The van der Waals surface area contributed by atoms with E-state index in [0.29, 0.717) is 12.1 Å². The highest BCUT2D eigenvalue weighted by atomic mass is 16.3. The van der Waals surface area contributed by atoms with Gasteiger partial charge in [0.15, 0.2) is 6.10 Å². The zero-order valence-electron chi connectivity index (χ0n) is 12.2. The lowest BCUT2D eigenvalue weighted by Crippen LogP contribution is -2.31. The second kappa shape index (κ2) is 7.26. The SMILES string of the molecule is Cc1ccc(C(O)C(=O)NCCCN(C)C)c(C)c1. The van der Waals surface area contributed by atoms with Crippen LogP contribution in [0.1, 0.15) is 29.2 Å². The number of nitrogens with zero attached hydrogens (tertiary/aromatic N) is 1. The maximum Gasteiger partial charge on any atom is 0.253 e. The van der Waals surface area contributed by atoms with Crippen LogP contribution < -0.4 is 5.32 Å². The number of benzene rings is 1. The first kappa shape index (κ1) is 15.7. The molecule has 1 unspecified atom stereocenters. The van der Waals surface area contributed by atoms with Gasteiger partial charge in [0.1, 0.15) is 0 Å². The van der Waals surface area contributed by atoms with Gasteiger partial charge < -0.3 is 15.3 Å². The summed E-state index contributed by atoms with van der Waals surface area (Å²) in [7, 11) is 3.98. The molecule has 1 aromatic rings. The van der Waals surface area contributed by atoms with Crippen LogP contribution in [0.5, 0.6) is 0 Å². The van der Waals surface area contributed by atoms with Crippen LogP contribution in [0.25, 0.3) is 0 Å². The summed E-state index contributed by atoms with van der Waals surface area (Å²) in [5.41, 5.74) is 2.74. The number of carbonyl (C=O) groups excluding carboxylic acids is 1. The largest absolute Gasteiger partial charge is 0.378 e. The Morgan fingerprint density at radius 2 is 2.05 bits per heavy atom. The van der Waals surface area contributed by atoms with Crippen LogP contribution in [0.3, 0.4) is 0 Å². The van der Waals surface area contributed by atoms with Crippen molar-refractivity contribution in [1.82, 2.24) is 10.2 Å². The van der Waals surface area contributed by atoms with Gasteiger partial charge in [-0.3, -0.25) is 4.79 Å². The van der Waals surface area contributed by atoms with E-state index in [4.69, 9.17) is 0 Å². The van der Waals surface area contributed by atoms with Crippen LogP contribution in [-0.4, -0.2) is 43.1 Å². The van der Waals surface area contributed by atoms with Crippen molar-refractivity contribution >= 4 is 5.91 Å². The summed E-state index contributed by atoms with van der Waals surface area (Å²) in [6.07, 6.45) is -0.210. The number of amides is 1. The Morgan fingerprint density at radius 3 is 2.63 bits per heavy atom. The Labute approximate surface area is 115 Å². The molecule has 106 valence electrons. The van der Waals surface area contributed by atoms with Crippen molar-refractivity contribution in [1.29, 1.82) is 0 Å². The van der Waals surface area contributed by atoms with Gasteiger partial charge in [0.25, 0.3) is 5.91 Å². The average Bonchev–Trinajstić information content (AvgIpc) is 2.33. The van der Waals surface area contributed by atoms with Gasteiger partial charge in [-0.25, -0.2) is 0 Å². The Hall–Kier alpha value is -1.39. The van der Waals surface area contributed by atoms with E-state index < -0.39 is 6.10 Å². The molecular formula is C15H24N2O2. The Kier molecular flexibility index (Phi) is 5.99. The highest BCUT2D eigenvalue weighted by Gasteiger charge is 2.18. The molecular weight excluding hydrogens is 240 g/mol.